The zero-order chi connectivity index (χ0) is 10.7. The predicted molar refractivity (Wildman–Crippen MR) is 58.2 cm³/mol. The summed E-state index contributed by atoms with van der Waals surface area (Å²) in [7, 11) is 0. The molecule has 1 N–H and O–H groups in total. The summed E-state index contributed by atoms with van der Waals surface area (Å²) >= 11 is 0. The van der Waals surface area contributed by atoms with E-state index in [-0.39, 0.29) is 6.10 Å². The first-order valence-corrected chi connectivity index (χ1v) is 6.13. The van der Waals surface area contributed by atoms with Crippen molar-refractivity contribution in [3.8, 4) is 6.07 Å². The highest BCUT2D eigenvalue weighted by Gasteiger charge is 2.37. The molecule has 2 aliphatic carbocycles. The lowest BCUT2D eigenvalue weighted by atomic mass is 9.91. The Morgan fingerprint density at radius 1 is 1.20 bits per heavy atom. The number of hydrogen-bond acceptors (Lipinski definition) is 3. The van der Waals surface area contributed by atoms with Crippen LogP contribution in [-0.2, 0) is 0 Å². The number of aliphatic hydroxyl groups is 1. The van der Waals surface area contributed by atoms with Gasteiger partial charge in [0.1, 0.15) is 0 Å². The zero-order valence-electron chi connectivity index (χ0n) is 9.23. The van der Waals surface area contributed by atoms with Crippen LogP contribution in [0.15, 0.2) is 0 Å². The molecule has 2 fully saturated rings. The Hall–Kier alpha value is -0.590. The first kappa shape index (κ1) is 10.9. The third-order valence-corrected chi connectivity index (χ3v) is 3.62. The Kier molecular flexibility index (Phi) is 3.61. The summed E-state index contributed by atoms with van der Waals surface area (Å²) in [6.07, 6.45) is 7.41. The summed E-state index contributed by atoms with van der Waals surface area (Å²) in [5, 5.41) is 18.6. The van der Waals surface area contributed by atoms with Crippen LogP contribution in [-0.4, -0.2) is 34.7 Å². The van der Waals surface area contributed by atoms with Crippen molar-refractivity contribution in [1.29, 1.82) is 5.26 Å². The van der Waals surface area contributed by atoms with Gasteiger partial charge >= 0.3 is 0 Å². The highest BCUT2D eigenvalue weighted by Crippen LogP contribution is 2.33. The van der Waals surface area contributed by atoms with E-state index in [9.17, 15) is 5.11 Å². The molecule has 3 heteroatoms. The van der Waals surface area contributed by atoms with Crippen molar-refractivity contribution in [1.82, 2.24) is 4.90 Å². The van der Waals surface area contributed by atoms with Gasteiger partial charge in [-0.05, 0) is 25.7 Å². The summed E-state index contributed by atoms with van der Waals surface area (Å²) in [4.78, 5) is 2.40. The predicted octanol–water partition coefficient (Wildman–Crippen LogP) is 1.67. The van der Waals surface area contributed by atoms with Gasteiger partial charge in [-0.3, -0.25) is 4.90 Å². The average Bonchev–Trinajstić information content (AvgIpc) is 3.05. The fourth-order valence-electron chi connectivity index (χ4n) is 2.68. The van der Waals surface area contributed by atoms with E-state index >= 15 is 0 Å². The number of aliphatic hydroxyl groups excluding tert-OH is 1. The van der Waals surface area contributed by atoms with Crippen LogP contribution in [0, 0.1) is 11.3 Å². The SMILES string of the molecule is N#CCCN(C1CC1)C1CCCCC1O. The first-order chi connectivity index (χ1) is 7.33. The molecule has 84 valence electrons. The van der Waals surface area contributed by atoms with E-state index in [1.54, 1.807) is 0 Å². The molecule has 0 bridgehead atoms. The van der Waals surface area contributed by atoms with Gasteiger partial charge < -0.3 is 5.11 Å². The van der Waals surface area contributed by atoms with Crippen LogP contribution >= 0.6 is 0 Å². The molecule has 0 aromatic heterocycles. The Labute approximate surface area is 91.7 Å². The average molecular weight is 208 g/mol. The van der Waals surface area contributed by atoms with Crippen LogP contribution in [0.2, 0.25) is 0 Å². The minimum atomic E-state index is -0.155. The maximum Gasteiger partial charge on any atom is 0.0695 e. The van der Waals surface area contributed by atoms with Crippen molar-refractivity contribution in [2.45, 2.75) is 63.1 Å². The topological polar surface area (TPSA) is 47.3 Å². The monoisotopic (exact) mass is 208 g/mol. The normalized spacial score (nSPS) is 31.5. The van der Waals surface area contributed by atoms with Gasteiger partial charge in [0.15, 0.2) is 0 Å². The van der Waals surface area contributed by atoms with E-state index in [1.807, 2.05) is 0 Å². The Morgan fingerprint density at radius 3 is 2.53 bits per heavy atom. The van der Waals surface area contributed by atoms with E-state index in [0.717, 1.165) is 25.8 Å². The van der Waals surface area contributed by atoms with Gasteiger partial charge in [-0.25, -0.2) is 0 Å². The van der Waals surface area contributed by atoms with Crippen molar-refractivity contribution >= 4 is 0 Å². The van der Waals surface area contributed by atoms with Gasteiger partial charge in [-0.1, -0.05) is 12.8 Å². The van der Waals surface area contributed by atoms with Gasteiger partial charge in [0.05, 0.1) is 12.2 Å². The summed E-state index contributed by atoms with van der Waals surface area (Å²) in [6.45, 7) is 0.850. The standard InChI is InChI=1S/C12H20N2O/c13-8-3-9-14(10-6-7-10)11-4-1-2-5-12(11)15/h10-12,15H,1-7,9H2. The van der Waals surface area contributed by atoms with Crippen molar-refractivity contribution in [3.05, 3.63) is 0 Å². The van der Waals surface area contributed by atoms with Crippen molar-refractivity contribution in [2.24, 2.45) is 0 Å². The molecule has 0 radical (unpaired) electrons. The molecule has 0 aromatic carbocycles. The molecular formula is C12H20N2O. The van der Waals surface area contributed by atoms with Gasteiger partial charge in [-0.2, -0.15) is 5.26 Å². The van der Waals surface area contributed by atoms with E-state index < -0.39 is 0 Å². The largest absolute Gasteiger partial charge is 0.391 e. The molecule has 3 nitrogen and oxygen atoms in total. The molecular weight excluding hydrogens is 188 g/mol. The van der Waals surface area contributed by atoms with Gasteiger partial charge in [0.2, 0.25) is 0 Å². The molecule has 0 spiro atoms. The summed E-state index contributed by atoms with van der Waals surface area (Å²) in [5.41, 5.74) is 0. The van der Waals surface area contributed by atoms with Crippen LogP contribution in [0.25, 0.3) is 0 Å². The van der Waals surface area contributed by atoms with Crippen LogP contribution in [0.3, 0.4) is 0 Å². The second-order valence-corrected chi connectivity index (χ2v) is 4.80. The number of hydrogen-bond donors (Lipinski definition) is 1. The third-order valence-electron chi connectivity index (χ3n) is 3.62. The smallest absolute Gasteiger partial charge is 0.0695 e. The lowest BCUT2D eigenvalue weighted by molar-refractivity contribution is 0.0164. The molecule has 0 aliphatic heterocycles. The highest BCUT2D eigenvalue weighted by molar-refractivity contribution is 4.94. The molecule has 2 atom stereocenters. The van der Waals surface area contributed by atoms with Gasteiger partial charge in [-0.15, -0.1) is 0 Å². The van der Waals surface area contributed by atoms with Crippen molar-refractivity contribution in [3.63, 3.8) is 0 Å². The molecule has 2 unspecified atom stereocenters. The zero-order valence-corrected chi connectivity index (χ0v) is 9.23. The van der Waals surface area contributed by atoms with E-state index in [4.69, 9.17) is 5.26 Å². The molecule has 0 saturated heterocycles. The molecule has 15 heavy (non-hydrogen) atoms. The van der Waals surface area contributed by atoms with Crippen molar-refractivity contribution < 1.29 is 5.11 Å². The molecule has 0 heterocycles. The summed E-state index contributed by atoms with van der Waals surface area (Å²) in [5.74, 6) is 0. The maximum atomic E-state index is 9.99. The quantitative estimate of drug-likeness (QED) is 0.764. The van der Waals surface area contributed by atoms with E-state index in [1.165, 1.54) is 19.3 Å². The number of nitriles is 1. The molecule has 2 rings (SSSR count). The Bertz CT molecular complexity index is 244. The number of nitrogens with zero attached hydrogens (tertiary/aromatic N) is 2. The van der Waals surface area contributed by atoms with Crippen molar-refractivity contribution in [2.75, 3.05) is 6.54 Å². The van der Waals surface area contributed by atoms with Gasteiger partial charge in [0, 0.05) is 25.0 Å². The fourth-order valence-corrected chi connectivity index (χ4v) is 2.68. The van der Waals surface area contributed by atoms with E-state index in [0.29, 0.717) is 18.5 Å². The fraction of sp³-hybridized carbons (Fsp3) is 0.917. The highest BCUT2D eigenvalue weighted by atomic mass is 16.3. The third kappa shape index (κ3) is 2.70. The molecule has 0 aromatic rings. The Morgan fingerprint density at radius 2 is 1.93 bits per heavy atom. The minimum Gasteiger partial charge on any atom is -0.391 e. The number of rotatable bonds is 4. The lowest BCUT2D eigenvalue weighted by Crippen LogP contribution is -2.47. The minimum absolute atomic E-state index is 0.155. The molecule has 2 aliphatic rings. The van der Waals surface area contributed by atoms with Crippen LogP contribution < -0.4 is 0 Å². The van der Waals surface area contributed by atoms with E-state index in [2.05, 4.69) is 11.0 Å². The van der Waals surface area contributed by atoms with Gasteiger partial charge in [0.25, 0.3) is 0 Å². The maximum absolute atomic E-state index is 9.99. The second kappa shape index (κ2) is 4.96. The van der Waals surface area contributed by atoms with Crippen LogP contribution in [0.5, 0.6) is 0 Å². The summed E-state index contributed by atoms with van der Waals surface area (Å²) in [6, 6.07) is 3.21. The second-order valence-electron chi connectivity index (χ2n) is 4.80. The van der Waals surface area contributed by atoms with Crippen LogP contribution in [0.1, 0.15) is 44.9 Å². The molecule has 0 amide bonds. The first-order valence-electron chi connectivity index (χ1n) is 6.13. The van der Waals surface area contributed by atoms with Crippen LogP contribution in [0.4, 0.5) is 0 Å². The lowest BCUT2D eigenvalue weighted by Gasteiger charge is -2.37. The molecule has 2 saturated carbocycles. The Balaban J connectivity index is 1.93. The summed E-state index contributed by atoms with van der Waals surface area (Å²) < 4.78 is 0.